The molecule has 1 heterocycles. The average molecular weight is 361 g/mol. The molecule has 0 aliphatic heterocycles. The van der Waals surface area contributed by atoms with Gasteiger partial charge in [0.2, 0.25) is 10.0 Å². The molecule has 0 aliphatic rings. The van der Waals surface area contributed by atoms with E-state index in [0.717, 1.165) is 5.56 Å². The summed E-state index contributed by atoms with van der Waals surface area (Å²) in [6.45, 7) is 4.10. The highest BCUT2D eigenvalue weighted by atomic mass is 32.2. The Morgan fingerprint density at radius 3 is 2.28 bits per heavy atom. The molecule has 2 rings (SSSR count). The predicted octanol–water partition coefficient (Wildman–Crippen LogP) is 2.08. The summed E-state index contributed by atoms with van der Waals surface area (Å²) in [7, 11) is -2.04. The number of nitrogens with one attached hydrogen (secondary N) is 1. The van der Waals surface area contributed by atoms with E-state index in [1.54, 1.807) is 19.4 Å². The first-order valence-corrected chi connectivity index (χ1v) is 9.51. The Hall–Kier alpha value is -2.25. The molecule has 0 atom stereocenters. The summed E-state index contributed by atoms with van der Waals surface area (Å²) in [5, 5.41) is 2.77. The summed E-state index contributed by atoms with van der Waals surface area (Å²) < 4.78 is 26.6. The molecule has 0 spiro atoms. The van der Waals surface area contributed by atoms with Gasteiger partial charge in [-0.1, -0.05) is 0 Å². The van der Waals surface area contributed by atoms with Crippen molar-refractivity contribution in [3.8, 4) is 0 Å². The molecule has 0 saturated heterocycles. The number of rotatable bonds is 7. The van der Waals surface area contributed by atoms with Crippen molar-refractivity contribution in [1.82, 2.24) is 14.6 Å². The number of nitrogens with zero attached hydrogens (tertiary/aromatic N) is 2. The largest absolute Gasteiger partial charge is 0.350 e. The van der Waals surface area contributed by atoms with E-state index in [9.17, 15) is 13.2 Å². The molecule has 0 fully saturated rings. The number of carbonyl (C=O) groups excluding carboxylic acids is 1. The minimum atomic E-state index is -3.59. The number of hydrogen-bond acceptors (Lipinski definition) is 4. The van der Waals surface area contributed by atoms with Crippen LogP contribution in [-0.4, -0.2) is 43.2 Å². The molecule has 1 N–H and O–H groups in total. The average Bonchev–Trinajstić information content (AvgIpc) is 2.60. The Morgan fingerprint density at radius 2 is 1.72 bits per heavy atom. The molecule has 0 aliphatic carbocycles. The molecule has 1 aromatic carbocycles. The fourth-order valence-corrected chi connectivity index (χ4v) is 3.43. The molecule has 7 heteroatoms. The van der Waals surface area contributed by atoms with Crippen molar-refractivity contribution in [2.45, 2.75) is 31.2 Å². The molecule has 2 aromatic rings. The fourth-order valence-electron chi connectivity index (χ4n) is 2.26. The Kier molecular flexibility index (Phi) is 6.27. The lowest BCUT2D eigenvalue weighted by molar-refractivity contribution is 0.0943. The zero-order valence-electron chi connectivity index (χ0n) is 14.6. The van der Waals surface area contributed by atoms with Gasteiger partial charge in [-0.05, 0) is 62.2 Å². The second-order valence-corrected chi connectivity index (χ2v) is 8.13. The van der Waals surface area contributed by atoms with E-state index in [2.05, 4.69) is 10.3 Å². The van der Waals surface area contributed by atoms with E-state index in [-0.39, 0.29) is 16.8 Å². The summed E-state index contributed by atoms with van der Waals surface area (Å²) in [4.78, 5) is 16.0. The van der Waals surface area contributed by atoms with E-state index in [1.807, 2.05) is 26.0 Å². The lowest BCUT2D eigenvalue weighted by atomic mass is 10.2. The highest BCUT2D eigenvalue weighted by molar-refractivity contribution is 7.89. The van der Waals surface area contributed by atoms with E-state index in [1.165, 1.54) is 28.6 Å². The van der Waals surface area contributed by atoms with Gasteiger partial charge in [-0.2, -0.15) is 0 Å². The third-order valence-corrected chi connectivity index (χ3v) is 5.58. The van der Waals surface area contributed by atoms with Crippen molar-refractivity contribution in [1.29, 1.82) is 0 Å². The van der Waals surface area contributed by atoms with Crippen molar-refractivity contribution >= 4 is 15.9 Å². The number of pyridine rings is 1. The van der Waals surface area contributed by atoms with E-state index >= 15 is 0 Å². The lowest BCUT2D eigenvalue weighted by Crippen LogP contribution is -2.30. The number of amides is 1. The Bertz CT molecular complexity index is 803. The summed E-state index contributed by atoms with van der Waals surface area (Å²) in [6.07, 6.45) is 3.97. The van der Waals surface area contributed by atoms with E-state index < -0.39 is 10.0 Å². The summed E-state index contributed by atoms with van der Waals surface area (Å²) in [5.41, 5.74) is 1.46. The molecule has 25 heavy (non-hydrogen) atoms. The van der Waals surface area contributed by atoms with Gasteiger partial charge in [0.1, 0.15) is 0 Å². The zero-order chi connectivity index (χ0) is 18.4. The van der Waals surface area contributed by atoms with Crippen molar-refractivity contribution in [3.63, 3.8) is 0 Å². The first kappa shape index (κ1) is 19.1. The Balaban J connectivity index is 2.06. The van der Waals surface area contributed by atoms with Gasteiger partial charge in [0.25, 0.3) is 5.91 Å². The third kappa shape index (κ3) is 5.11. The summed E-state index contributed by atoms with van der Waals surface area (Å²) >= 11 is 0. The molecule has 6 nitrogen and oxygen atoms in total. The smallest absolute Gasteiger partial charge is 0.251 e. The monoisotopic (exact) mass is 361 g/mol. The van der Waals surface area contributed by atoms with Gasteiger partial charge >= 0.3 is 0 Å². The second kappa shape index (κ2) is 8.22. The SMILES string of the molecule is CC(C)NC(=O)c1ccc(S(=O)(=O)N(C)CCc2ccncc2)cc1. The van der Waals surface area contributed by atoms with Crippen LogP contribution in [0.5, 0.6) is 0 Å². The fraction of sp³-hybridized carbons (Fsp3) is 0.333. The number of aromatic nitrogens is 1. The molecule has 134 valence electrons. The van der Waals surface area contributed by atoms with E-state index in [0.29, 0.717) is 18.5 Å². The van der Waals surface area contributed by atoms with Crippen LogP contribution in [0.4, 0.5) is 0 Å². The molecule has 0 saturated carbocycles. The van der Waals surface area contributed by atoms with Gasteiger partial charge in [-0.3, -0.25) is 9.78 Å². The van der Waals surface area contributed by atoms with Crippen molar-refractivity contribution in [2.24, 2.45) is 0 Å². The van der Waals surface area contributed by atoms with Gasteiger partial charge in [-0.25, -0.2) is 12.7 Å². The molecule has 0 bridgehead atoms. The Labute approximate surface area is 148 Å². The maximum absolute atomic E-state index is 12.6. The van der Waals surface area contributed by atoms with Crippen molar-refractivity contribution < 1.29 is 13.2 Å². The summed E-state index contributed by atoms with van der Waals surface area (Å²) in [6, 6.07) is 9.74. The van der Waals surface area contributed by atoms with Gasteiger partial charge in [0, 0.05) is 37.6 Å². The molecule has 1 amide bonds. The second-order valence-electron chi connectivity index (χ2n) is 6.08. The van der Waals surface area contributed by atoms with E-state index in [4.69, 9.17) is 0 Å². The lowest BCUT2D eigenvalue weighted by Gasteiger charge is -2.17. The third-order valence-electron chi connectivity index (χ3n) is 3.71. The number of carbonyl (C=O) groups is 1. The number of likely N-dealkylation sites (N-methyl/N-ethyl adjacent to an activating group) is 1. The van der Waals surface area contributed by atoms with Crippen molar-refractivity contribution in [3.05, 3.63) is 59.9 Å². The first-order valence-electron chi connectivity index (χ1n) is 8.07. The van der Waals surface area contributed by atoms with Gasteiger partial charge in [0.15, 0.2) is 0 Å². The van der Waals surface area contributed by atoms with Crippen LogP contribution in [0.1, 0.15) is 29.8 Å². The molecule has 0 radical (unpaired) electrons. The maximum Gasteiger partial charge on any atom is 0.251 e. The maximum atomic E-state index is 12.6. The van der Waals surface area contributed by atoms with Gasteiger partial charge in [0.05, 0.1) is 4.90 Å². The van der Waals surface area contributed by atoms with Crippen LogP contribution >= 0.6 is 0 Å². The standard InChI is InChI=1S/C18H23N3O3S/c1-14(2)20-18(22)16-4-6-17(7-5-16)25(23,24)21(3)13-10-15-8-11-19-12-9-15/h4-9,11-12,14H,10,13H2,1-3H3,(H,20,22). The van der Waals surface area contributed by atoms with Crippen LogP contribution in [0.3, 0.4) is 0 Å². The predicted molar refractivity (Wildman–Crippen MR) is 96.8 cm³/mol. The van der Waals surface area contributed by atoms with Crippen LogP contribution in [0.15, 0.2) is 53.7 Å². The minimum absolute atomic E-state index is 0.0234. The highest BCUT2D eigenvalue weighted by Crippen LogP contribution is 2.16. The van der Waals surface area contributed by atoms with Crippen LogP contribution < -0.4 is 5.32 Å². The molecule has 0 unspecified atom stereocenters. The number of hydrogen-bond donors (Lipinski definition) is 1. The van der Waals surface area contributed by atoms with Crippen LogP contribution in [0, 0.1) is 0 Å². The zero-order valence-corrected chi connectivity index (χ0v) is 15.5. The quantitative estimate of drug-likeness (QED) is 0.819. The topological polar surface area (TPSA) is 79.4 Å². The van der Waals surface area contributed by atoms with Crippen LogP contribution in [0.2, 0.25) is 0 Å². The first-order chi connectivity index (χ1) is 11.8. The molecular weight excluding hydrogens is 338 g/mol. The number of benzene rings is 1. The minimum Gasteiger partial charge on any atom is -0.350 e. The van der Waals surface area contributed by atoms with Gasteiger partial charge < -0.3 is 5.32 Å². The van der Waals surface area contributed by atoms with Crippen molar-refractivity contribution in [2.75, 3.05) is 13.6 Å². The number of sulfonamides is 1. The van der Waals surface area contributed by atoms with Crippen LogP contribution in [0.25, 0.3) is 0 Å². The van der Waals surface area contributed by atoms with Gasteiger partial charge in [-0.15, -0.1) is 0 Å². The highest BCUT2D eigenvalue weighted by Gasteiger charge is 2.21. The Morgan fingerprint density at radius 1 is 1.12 bits per heavy atom. The summed E-state index contributed by atoms with van der Waals surface area (Å²) in [5.74, 6) is -0.218. The molecule has 1 aromatic heterocycles. The molecular formula is C18H23N3O3S. The normalized spacial score (nSPS) is 11.7. The van der Waals surface area contributed by atoms with Crippen LogP contribution in [-0.2, 0) is 16.4 Å².